The van der Waals surface area contributed by atoms with Gasteiger partial charge < -0.3 is 15.6 Å². The van der Waals surface area contributed by atoms with Gasteiger partial charge in [-0.05, 0) is 37.1 Å². The Hall–Kier alpha value is -1.50. The van der Waals surface area contributed by atoms with Gasteiger partial charge in [-0.1, -0.05) is 6.07 Å². The van der Waals surface area contributed by atoms with E-state index in [-0.39, 0.29) is 19.1 Å². The third-order valence-corrected chi connectivity index (χ3v) is 4.67. The summed E-state index contributed by atoms with van der Waals surface area (Å²) in [5, 5.41) is 10.5. The van der Waals surface area contributed by atoms with Crippen LogP contribution in [0.3, 0.4) is 0 Å². The second kappa shape index (κ2) is 5.95. The van der Waals surface area contributed by atoms with E-state index in [1.165, 1.54) is 0 Å². The lowest BCUT2D eigenvalue weighted by molar-refractivity contribution is 0.0535. The first kappa shape index (κ1) is 15.4. The first-order valence-electron chi connectivity index (χ1n) is 7.57. The number of ether oxygens (including phenoxy) is 1. The smallest absolute Gasteiger partial charge is 0.338 e. The van der Waals surface area contributed by atoms with Gasteiger partial charge in [0.15, 0.2) is 0 Å². The number of benzene rings is 1. The summed E-state index contributed by atoms with van der Waals surface area (Å²) in [6.45, 7) is 3.44. The standard InChI is InChI=1S/C16H21FN2O3/c1-9-10(2-3-11-12(9)8-22-16(11)21)15(20)7-19-5-4-14(18)13(17)6-19/h2-3,13-15,20H,4-8,18H2,1H3/t13-,14-,15-/m0/s1. The Morgan fingerprint density at radius 2 is 2.32 bits per heavy atom. The molecule has 1 fully saturated rings. The summed E-state index contributed by atoms with van der Waals surface area (Å²) < 4.78 is 18.7. The van der Waals surface area contributed by atoms with E-state index in [2.05, 4.69) is 0 Å². The molecule has 0 unspecified atom stereocenters. The zero-order valence-electron chi connectivity index (χ0n) is 12.6. The van der Waals surface area contributed by atoms with Crippen molar-refractivity contribution in [3.8, 4) is 0 Å². The van der Waals surface area contributed by atoms with E-state index in [1.807, 2.05) is 11.8 Å². The van der Waals surface area contributed by atoms with Gasteiger partial charge in [-0.3, -0.25) is 4.90 Å². The first-order valence-corrected chi connectivity index (χ1v) is 7.57. The Balaban J connectivity index is 1.73. The minimum Gasteiger partial charge on any atom is -0.457 e. The van der Waals surface area contributed by atoms with Crippen molar-refractivity contribution in [2.45, 2.75) is 38.3 Å². The van der Waals surface area contributed by atoms with Gasteiger partial charge >= 0.3 is 5.97 Å². The Labute approximate surface area is 128 Å². The number of carbonyl (C=O) groups excluding carboxylic acids is 1. The highest BCUT2D eigenvalue weighted by Gasteiger charge is 2.29. The number of β-amino-alcohol motifs (C(OH)–C–C–N with tert-alkyl or cyclic N) is 1. The number of alkyl halides is 1. The molecule has 0 aromatic heterocycles. The number of nitrogens with two attached hydrogens (primary N) is 1. The summed E-state index contributed by atoms with van der Waals surface area (Å²) in [4.78, 5) is 13.4. The van der Waals surface area contributed by atoms with Crippen LogP contribution in [0, 0.1) is 6.92 Å². The fraction of sp³-hybridized carbons (Fsp3) is 0.562. The van der Waals surface area contributed by atoms with Gasteiger partial charge in [0, 0.05) is 24.7 Å². The van der Waals surface area contributed by atoms with E-state index in [4.69, 9.17) is 10.5 Å². The van der Waals surface area contributed by atoms with E-state index in [9.17, 15) is 14.3 Å². The molecule has 1 saturated heterocycles. The Morgan fingerprint density at radius 1 is 1.55 bits per heavy atom. The molecule has 2 aliphatic rings. The van der Waals surface area contributed by atoms with Gasteiger partial charge in [0.2, 0.25) is 0 Å². The van der Waals surface area contributed by atoms with Crippen LogP contribution in [-0.2, 0) is 11.3 Å². The molecule has 120 valence electrons. The van der Waals surface area contributed by atoms with Crippen molar-refractivity contribution in [1.82, 2.24) is 4.90 Å². The summed E-state index contributed by atoms with van der Waals surface area (Å²) in [6.07, 6.45) is -1.17. The molecule has 1 aromatic rings. The van der Waals surface area contributed by atoms with Crippen molar-refractivity contribution in [1.29, 1.82) is 0 Å². The number of esters is 1. The Kier molecular flexibility index (Phi) is 4.16. The highest BCUT2D eigenvalue weighted by Crippen LogP contribution is 2.29. The van der Waals surface area contributed by atoms with E-state index in [0.29, 0.717) is 25.1 Å². The molecule has 0 aliphatic carbocycles. The number of hydrogen-bond donors (Lipinski definition) is 2. The normalized spacial score (nSPS) is 26.6. The zero-order valence-corrected chi connectivity index (χ0v) is 12.6. The predicted octanol–water partition coefficient (Wildman–Crippen LogP) is 1.07. The maximum absolute atomic E-state index is 13.7. The molecule has 3 atom stereocenters. The van der Waals surface area contributed by atoms with Gasteiger partial charge in [-0.25, -0.2) is 9.18 Å². The highest BCUT2D eigenvalue weighted by molar-refractivity contribution is 5.93. The molecule has 0 bridgehead atoms. The van der Waals surface area contributed by atoms with Crippen molar-refractivity contribution in [2.75, 3.05) is 19.6 Å². The van der Waals surface area contributed by atoms with Crippen molar-refractivity contribution in [2.24, 2.45) is 5.73 Å². The molecule has 2 aliphatic heterocycles. The van der Waals surface area contributed by atoms with Crippen molar-refractivity contribution < 1.29 is 19.0 Å². The number of aliphatic hydroxyl groups excluding tert-OH is 1. The minimum atomic E-state index is -1.05. The quantitative estimate of drug-likeness (QED) is 0.817. The van der Waals surface area contributed by atoms with Gasteiger partial charge in [0.25, 0.3) is 0 Å². The summed E-state index contributed by atoms with van der Waals surface area (Å²) in [7, 11) is 0. The average molecular weight is 308 g/mol. The molecule has 3 N–H and O–H groups in total. The molecule has 2 heterocycles. The molecule has 5 nitrogen and oxygen atoms in total. The van der Waals surface area contributed by atoms with Crippen LogP contribution in [0.2, 0.25) is 0 Å². The summed E-state index contributed by atoms with van der Waals surface area (Å²) in [5.74, 6) is -0.315. The summed E-state index contributed by atoms with van der Waals surface area (Å²) >= 11 is 0. The molecule has 0 saturated carbocycles. The van der Waals surface area contributed by atoms with Gasteiger partial charge in [-0.15, -0.1) is 0 Å². The minimum absolute atomic E-state index is 0.254. The third-order valence-electron chi connectivity index (χ3n) is 4.67. The third kappa shape index (κ3) is 2.74. The van der Waals surface area contributed by atoms with Crippen LogP contribution in [0.5, 0.6) is 0 Å². The average Bonchev–Trinajstić information content (AvgIpc) is 2.86. The number of rotatable bonds is 3. The lowest BCUT2D eigenvalue weighted by atomic mass is 9.94. The summed E-state index contributed by atoms with van der Waals surface area (Å²) in [6, 6.07) is 3.05. The van der Waals surface area contributed by atoms with Crippen LogP contribution in [-0.4, -0.2) is 47.8 Å². The number of likely N-dealkylation sites (tertiary alicyclic amines) is 1. The van der Waals surface area contributed by atoms with Crippen LogP contribution in [0.15, 0.2) is 12.1 Å². The number of piperidine rings is 1. The van der Waals surface area contributed by atoms with Crippen LogP contribution in [0.25, 0.3) is 0 Å². The number of halogens is 1. The van der Waals surface area contributed by atoms with E-state index >= 15 is 0 Å². The zero-order chi connectivity index (χ0) is 15.9. The second-order valence-corrected chi connectivity index (χ2v) is 6.13. The van der Waals surface area contributed by atoms with Crippen molar-refractivity contribution in [3.05, 3.63) is 34.4 Å². The predicted molar refractivity (Wildman–Crippen MR) is 79.2 cm³/mol. The number of aliphatic hydroxyl groups is 1. The first-order chi connectivity index (χ1) is 10.5. The van der Waals surface area contributed by atoms with Crippen LogP contribution < -0.4 is 5.73 Å². The lowest BCUT2D eigenvalue weighted by Crippen LogP contribution is -2.49. The van der Waals surface area contributed by atoms with E-state index in [1.54, 1.807) is 12.1 Å². The molecule has 1 aromatic carbocycles. The van der Waals surface area contributed by atoms with Crippen LogP contribution in [0.4, 0.5) is 4.39 Å². The lowest BCUT2D eigenvalue weighted by Gasteiger charge is -2.34. The van der Waals surface area contributed by atoms with E-state index < -0.39 is 18.3 Å². The maximum atomic E-state index is 13.7. The molecular formula is C16H21FN2O3. The monoisotopic (exact) mass is 308 g/mol. The fourth-order valence-electron chi connectivity index (χ4n) is 3.22. The fourth-order valence-corrected chi connectivity index (χ4v) is 3.22. The number of fused-ring (bicyclic) bond motifs is 1. The van der Waals surface area contributed by atoms with Gasteiger partial charge in [0.05, 0.1) is 11.7 Å². The maximum Gasteiger partial charge on any atom is 0.338 e. The van der Waals surface area contributed by atoms with Crippen molar-refractivity contribution in [3.63, 3.8) is 0 Å². The summed E-state index contributed by atoms with van der Waals surface area (Å²) in [5.41, 5.74) is 8.72. The van der Waals surface area contributed by atoms with Crippen LogP contribution >= 0.6 is 0 Å². The van der Waals surface area contributed by atoms with Crippen LogP contribution in [0.1, 0.15) is 39.6 Å². The van der Waals surface area contributed by atoms with Gasteiger partial charge in [0.1, 0.15) is 12.8 Å². The Morgan fingerprint density at radius 3 is 3.05 bits per heavy atom. The second-order valence-electron chi connectivity index (χ2n) is 6.13. The molecular weight excluding hydrogens is 287 g/mol. The topological polar surface area (TPSA) is 75.8 Å². The SMILES string of the molecule is Cc1c([C@@H](O)CN2CC[C@H](N)[C@@H](F)C2)ccc2c1COC2=O. The Bertz CT molecular complexity index is 593. The molecule has 0 spiro atoms. The van der Waals surface area contributed by atoms with Gasteiger partial charge in [-0.2, -0.15) is 0 Å². The molecule has 22 heavy (non-hydrogen) atoms. The molecule has 0 amide bonds. The number of carbonyl (C=O) groups is 1. The number of nitrogens with zero attached hydrogens (tertiary/aromatic N) is 1. The number of cyclic esters (lactones) is 1. The molecule has 0 radical (unpaired) electrons. The highest BCUT2D eigenvalue weighted by atomic mass is 19.1. The number of hydrogen-bond acceptors (Lipinski definition) is 5. The van der Waals surface area contributed by atoms with Crippen molar-refractivity contribution >= 4 is 5.97 Å². The largest absolute Gasteiger partial charge is 0.457 e. The molecule has 3 rings (SSSR count). The van der Waals surface area contributed by atoms with E-state index in [0.717, 1.165) is 16.7 Å². The molecule has 6 heteroatoms.